The molecule has 5 heteroatoms. The van der Waals surface area contributed by atoms with E-state index in [4.69, 9.17) is 4.74 Å². The van der Waals surface area contributed by atoms with Gasteiger partial charge < -0.3 is 10.1 Å². The lowest BCUT2D eigenvalue weighted by Crippen LogP contribution is -2.43. The fourth-order valence-electron chi connectivity index (χ4n) is 2.39. The summed E-state index contributed by atoms with van der Waals surface area (Å²) < 4.78 is 5.47. The van der Waals surface area contributed by atoms with Crippen LogP contribution in [0.4, 0.5) is 0 Å². The van der Waals surface area contributed by atoms with Gasteiger partial charge in [-0.3, -0.25) is 4.79 Å². The number of ether oxygens (including phenoxy) is 1. The molecule has 1 N–H and O–H groups in total. The van der Waals surface area contributed by atoms with Crippen LogP contribution in [0.3, 0.4) is 0 Å². The number of hydrogen-bond acceptors (Lipinski definition) is 4. The number of rotatable bonds is 5. The highest BCUT2D eigenvalue weighted by molar-refractivity contribution is 7.80. The monoisotopic (exact) mass is 273 g/mol. The molecule has 1 amide bonds. The summed E-state index contributed by atoms with van der Waals surface area (Å²) in [4.78, 5) is 22.8. The summed E-state index contributed by atoms with van der Waals surface area (Å²) in [7, 11) is 0. The van der Waals surface area contributed by atoms with Gasteiger partial charge in [0.1, 0.15) is 12.1 Å². The van der Waals surface area contributed by atoms with Gasteiger partial charge in [0.25, 0.3) is 0 Å². The quantitative estimate of drug-likeness (QED) is 0.594. The average Bonchev–Trinajstić information content (AvgIpc) is 2.35. The van der Waals surface area contributed by atoms with Crippen molar-refractivity contribution in [2.45, 2.75) is 58.1 Å². The second-order valence-electron chi connectivity index (χ2n) is 4.94. The van der Waals surface area contributed by atoms with Gasteiger partial charge in [0.05, 0.1) is 0 Å². The molecule has 0 bridgehead atoms. The van der Waals surface area contributed by atoms with E-state index < -0.39 is 6.04 Å². The predicted octanol–water partition coefficient (Wildman–Crippen LogP) is 1.93. The predicted molar refractivity (Wildman–Crippen MR) is 73.6 cm³/mol. The third-order valence-electron chi connectivity index (χ3n) is 3.44. The number of nitrogens with one attached hydrogen (secondary N) is 1. The van der Waals surface area contributed by atoms with Crippen molar-refractivity contribution < 1.29 is 14.3 Å². The lowest BCUT2D eigenvalue weighted by atomic mass is 9.85. The number of carbonyl (C=O) groups excluding carboxylic acids is 2. The summed E-state index contributed by atoms with van der Waals surface area (Å²) in [5.41, 5.74) is 0. The summed E-state index contributed by atoms with van der Waals surface area (Å²) in [6.45, 7) is 3.56. The maximum atomic E-state index is 11.9. The Morgan fingerprint density at radius 1 is 1.44 bits per heavy atom. The van der Waals surface area contributed by atoms with E-state index in [9.17, 15) is 9.59 Å². The first kappa shape index (κ1) is 15.3. The minimum absolute atomic E-state index is 0.00680. The minimum atomic E-state index is -0.632. The summed E-state index contributed by atoms with van der Waals surface area (Å²) >= 11 is 4.07. The lowest BCUT2D eigenvalue weighted by molar-refractivity contribution is -0.154. The Hall–Kier alpha value is -0.710. The van der Waals surface area contributed by atoms with Crippen LogP contribution in [-0.4, -0.2) is 29.8 Å². The normalized spacial score (nSPS) is 25.3. The van der Waals surface area contributed by atoms with Crippen LogP contribution in [0.15, 0.2) is 0 Å². The van der Waals surface area contributed by atoms with Gasteiger partial charge in [-0.05, 0) is 25.2 Å². The molecule has 1 rings (SSSR count). The van der Waals surface area contributed by atoms with Crippen LogP contribution in [0.2, 0.25) is 0 Å². The molecule has 0 saturated heterocycles. The minimum Gasteiger partial charge on any atom is -0.461 e. The fourth-order valence-corrected chi connectivity index (χ4v) is 2.63. The molecular weight excluding hydrogens is 250 g/mol. The van der Waals surface area contributed by atoms with Crippen molar-refractivity contribution in [1.82, 2.24) is 5.32 Å². The van der Waals surface area contributed by atoms with Gasteiger partial charge in [-0.2, -0.15) is 12.6 Å². The summed E-state index contributed by atoms with van der Waals surface area (Å²) in [5, 5.41) is 2.55. The van der Waals surface area contributed by atoms with E-state index in [1.807, 2.05) is 0 Å². The molecule has 3 unspecified atom stereocenters. The summed E-state index contributed by atoms with van der Waals surface area (Å²) in [6.07, 6.45) is 5.36. The molecule has 0 aliphatic heterocycles. The fraction of sp³-hybridized carbons (Fsp3) is 0.846. The number of hydrogen-bond donors (Lipinski definition) is 2. The molecule has 1 fully saturated rings. The molecule has 1 aliphatic carbocycles. The largest absolute Gasteiger partial charge is 0.461 e. The highest BCUT2D eigenvalue weighted by Gasteiger charge is 2.27. The van der Waals surface area contributed by atoms with E-state index in [-0.39, 0.29) is 23.7 Å². The standard InChI is InChI=1S/C13H23NO3S/c1-3-10-5-4-6-11(7-10)17-13(16)12(8-18)14-9(2)15/h10-12,18H,3-8H2,1-2H3,(H,14,15). The van der Waals surface area contributed by atoms with Gasteiger partial charge in [0, 0.05) is 12.7 Å². The first-order valence-corrected chi connectivity index (χ1v) is 7.28. The van der Waals surface area contributed by atoms with Crippen LogP contribution >= 0.6 is 12.6 Å². The second-order valence-corrected chi connectivity index (χ2v) is 5.30. The first-order chi connectivity index (χ1) is 8.56. The average molecular weight is 273 g/mol. The van der Waals surface area contributed by atoms with Crippen molar-refractivity contribution in [1.29, 1.82) is 0 Å². The van der Waals surface area contributed by atoms with E-state index in [0.29, 0.717) is 5.92 Å². The van der Waals surface area contributed by atoms with Gasteiger partial charge in [-0.1, -0.05) is 19.8 Å². The molecule has 3 atom stereocenters. The van der Waals surface area contributed by atoms with Crippen LogP contribution in [0.25, 0.3) is 0 Å². The molecule has 1 aliphatic rings. The van der Waals surface area contributed by atoms with Crippen LogP contribution in [0, 0.1) is 5.92 Å². The Balaban J connectivity index is 2.44. The molecule has 0 aromatic heterocycles. The van der Waals surface area contributed by atoms with Crippen molar-refractivity contribution in [2.75, 3.05) is 5.75 Å². The topological polar surface area (TPSA) is 55.4 Å². The SMILES string of the molecule is CCC1CCCC(OC(=O)C(CS)NC(C)=O)C1. The number of thiol groups is 1. The van der Waals surface area contributed by atoms with Crippen LogP contribution in [0.1, 0.15) is 46.0 Å². The number of amides is 1. The Kier molecular flexibility index (Phi) is 6.54. The third-order valence-corrected chi connectivity index (χ3v) is 3.80. The summed E-state index contributed by atoms with van der Waals surface area (Å²) in [5.74, 6) is 0.331. The molecular formula is C13H23NO3S. The molecule has 0 aromatic carbocycles. The zero-order valence-electron chi connectivity index (χ0n) is 11.1. The first-order valence-electron chi connectivity index (χ1n) is 6.65. The Morgan fingerprint density at radius 3 is 2.72 bits per heavy atom. The molecule has 0 heterocycles. The van der Waals surface area contributed by atoms with E-state index in [0.717, 1.165) is 25.7 Å². The number of esters is 1. The van der Waals surface area contributed by atoms with Gasteiger partial charge in [-0.25, -0.2) is 4.79 Å². The maximum absolute atomic E-state index is 11.9. The van der Waals surface area contributed by atoms with Gasteiger partial charge >= 0.3 is 5.97 Å². The Bertz CT molecular complexity index is 296. The Labute approximate surface area is 114 Å². The zero-order chi connectivity index (χ0) is 13.5. The highest BCUT2D eigenvalue weighted by atomic mass is 32.1. The number of carbonyl (C=O) groups is 2. The second kappa shape index (κ2) is 7.67. The molecule has 0 aromatic rings. The van der Waals surface area contributed by atoms with E-state index in [2.05, 4.69) is 24.9 Å². The highest BCUT2D eigenvalue weighted by Crippen LogP contribution is 2.28. The van der Waals surface area contributed by atoms with Gasteiger partial charge in [-0.15, -0.1) is 0 Å². The van der Waals surface area contributed by atoms with E-state index >= 15 is 0 Å². The molecule has 18 heavy (non-hydrogen) atoms. The smallest absolute Gasteiger partial charge is 0.329 e. The molecule has 104 valence electrons. The molecule has 4 nitrogen and oxygen atoms in total. The van der Waals surface area contributed by atoms with Crippen LogP contribution < -0.4 is 5.32 Å². The van der Waals surface area contributed by atoms with E-state index in [1.165, 1.54) is 13.3 Å². The summed E-state index contributed by atoms with van der Waals surface area (Å²) in [6, 6.07) is -0.632. The lowest BCUT2D eigenvalue weighted by Gasteiger charge is -2.29. The maximum Gasteiger partial charge on any atom is 0.329 e. The molecule has 0 spiro atoms. The molecule has 1 saturated carbocycles. The van der Waals surface area contributed by atoms with Gasteiger partial charge in [0.15, 0.2) is 0 Å². The molecule has 0 radical (unpaired) electrons. The Morgan fingerprint density at radius 2 is 2.17 bits per heavy atom. The van der Waals surface area contributed by atoms with Crippen molar-refractivity contribution in [3.05, 3.63) is 0 Å². The van der Waals surface area contributed by atoms with Crippen molar-refractivity contribution in [3.8, 4) is 0 Å². The third kappa shape index (κ3) is 4.88. The van der Waals surface area contributed by atoms with Crippen molar-refractivity contribution in [2.24, 2.45) is 5.92 Å². The van der Waals surface area contributed by atoms with Gasteiger partial charge in [0.2, 0.25) is 5.91 Å². The van der Waals surface area contributed by atoms with Crippen molar-refractivity contribution in [3.63, 3.8) is 0 Å². The van der Waals surface area contributed by atoms with Crippen molar-refractivity contribution >= 4 is 24.5 Å². The zero-order valence-corrected chi connectivity index (χ0v) is 12.0. The van der Waals surface area contributed by atoms with Crippen LogP contribution in [0.5, 0.6) is 0 Å². The van der Waals surface area contributed by atoms with E-state index in [1.54, 1.807) is 0 Å². The van der Waals surface area contributed by atoms with Crippen LogP contribution in [-0.2, 0) is 14.3 Å².